The van der Waals surface area contributed by atoms with Crippen molar-refractivity contribution in [1.29, 1.82) is 0 Å². The van der Waals surface area contributed by atoms with Crippen molar-refractivity contribution in [3.05, 3.63) is 0 Å². The van der Waals surface area contributed by atoms with Crippen molar-refractivity contribution in [3.8, 4) is 0 Å². The summed E-state index contributed by atoms with van der Waals surface area (Å²) in [5.41, 5.74) is 0. The summed E-state index contributed by atoms with van der Waals surface area (Å²) in [6.07, 6.45) is 8.35. The molecule has 1 aliphatic carbocycles. The lowest BCUT2D eigenvalue weighted by Gasteiger charge is -2.14. The summed E-state index contributed by atoms with van der Waals surface area (Å²) in [4.78, 5) is 22.5. The van der Waals surface area contributed by atoms with E-state index in [0.717, 1.165) is 25.7 Å². The normalized spacial score (nSPS) is 15.8. The van der Waals surface area contributed by atoms with Gasteiger partial charge in [-0.2, -0.15) is 11.8 Å². The number of carbonyl (C=O) groups excluding carboxylic acids is 1. The Hall–Kier alpha value is -0.910. The Balaban J connectivity index is 2.02. The summed E-state index contributed by atoms with van der Waals surface area (Å²) in [6.45, 7) is 0.613. The number of urea groups is 1. The van der Waals surface area contributed by atoms with Gasteiger partial charge >= 0.3 is 12.0 Å². The number of carboxylic acid groups (broad SMARTS) is 1. The Morgan fingerprint density at radius 2 is 1.95 bits per heavy atom. The van der Waals surface area contributed by atoms with E-state index in [1.54, 1.807) is 0 Å². The van der Waals surface area contributed by atoms with Gasteiger partial charge in [0.1, 0.15) is 6.04 Å². The van der Waals surface area contributed by atoms with Crippen molar-refractivity contribution in [2.24, 2.45) is 5.92 Å². The summed E-state index contributed by atoms with van der Waals surface area (Å²) >= 11 is 1.85. The highest BCUT2D eigenvalue weighted by Crippen LogP contribution is 2.32. The Morgan fingerprint density at radius 3 is 2.53 bits per heavy atom. The molecule has 0 radical (unpaired) electrons. The highest BCUT2D eigenvalue weighted by molar-refractivity contribution is 7.98. The molecule has 0 spiro atoms. The van der Waals surface area contributed by atoms with Gasteiger partial charge in [-0.15, -0.1) is 0 Å². The second-order valence-corrected chi connectivity index (χ2v) is 5.95. The number of nitrogens with one attached hydrogen (secondary N) is 2. The Kier molecular flexibility index (Phi) is 7.70. The number of carbonyl (C=O) groups is 2. The fraction of sp³-hybridized carbons (Fsp3) is 0.846. The number of hydrogen-bond donors (Lipinski definition) is 3. The smallest absolute Gasteiger partial charge is 0.326 e. The van der Waals surface area contributed by atoms with Crippen molar-refractivity contribution >= 4 is 23.8 Å². The highest BCUT2D eigenvalue weighted by Gasteiger charge is 2.37. The quantitative estimate of drug-likeness (QED) is 0.538. The number of unbranched alkanes of at least 4 members (excludes halogenated alkanes) is 3. The van der Waals surface area contributed by atoms with Gasteiger partial charge < -0.3 is 15.7 Å². The van der Waals surface area contributed by atoms with E-state index in [1.165, 1.54) is 18.6 Å². The topological polar surface area (TPSA) is 78.4 Å². The zero-order chi connectivity index (χ0) is 14.1. The highest BCUT2D eigenvalue weighted by atomic mass is 32.2. The predicted molar refractivity (Wildman–Crippen MR) is 77.5 cm³/mol. The molecular weight excluding hydrogens is 264 g/mol. The Morgan fingerprint density at radius 1 is 1.26 bits per heavy atom. The molecule has 0 heterocycles. The van der Waals surface area contributed by atoms with Crippen LogP contribution in [-0.4, -0.2) is 41.7 Å². The third kappa shape index (κ3) is 7.30. The molecule has 0 aliphatic heterocycles. The molecule has 1 unspecified atom stereocenters. The van der Waals surface area contributed by atoms with E-state index in [0.29, 0.717) is 6.54 Å². The van der Waals surface area contributed by atoms with Crippen molar-refractivity contribution in [3.63, 3.8) is 0 Å². The minimum Gasteiger partial charge on any atom is -0.480 e. The van der Waals surface area contributed by atoms with E-state index in [-0.39, 0.29) is 11.9 Å². The van der Waals surface area contributed by atoms with E-state index in [1.807, 2.05) is 11.8 Å². The van der Waals surface area contributed by atoms with Crippen LogP contribution in [0.3, 0.4) is 0 Å². The lowest BCUT2D eigenvalue weighted by molar-refractivity contribution is -0.139. The van der Waals surface area contributed by atoms with Gasteiger partial charge in [0.15, 0.2) is 0 Å². The largest absolute Gasteiger partial charge is 0.480 e. The van der Waals surface area contributed by atoms with E-state index in [2.05, 4.69) is 16.9 Å². The molecule has 110 valence electrons. The zero-order valence-electron chi connectivity index (χ0n) is 11.5. The van der Waals surface area contributed by atoms with Gasteiger partial charge in [0.2, 0.25) is 0 Å². The molecule has 19 heavy (non-hydrogen) atoms. The maximum atomic E-state index is 11.5. The van der Waals surface area contributed by atoms with Gasteiger partial charge in [-0.05, 0) is 43.6 Å². The van der Waals surface area contributed by atoms with Gasteiger partial charge in [0.25, 0.3) is 0 Å². The van der Waals surface area contributed by atoms with Crippen LogP contribution >= 0.6 is 11.8 Å². The summed E-state index contributed by atoms with van der Waals surface area (Å²) in [5, 5.41) is 14.2. The van der Waals surface area contributed by atoms with Crippen LogP contribution in [0.2, 0.25) is 0 Å². The Bertz CT molecular complexity index is 296. The molecule has 5 nitrogen and oxygen atoms in total. The molecule has 3 N–H and O–H groups in total. The van der Waals surface area contributed by atoms with Crippen LogP contribution in [0, 0.1) is 5.92 Å². The monoisotopic (exact) mass is 288 g/mol. The molecule has 1 rings (SSSR count). The molecule has 1 fully saturated rings. The van der Waals surface area contributed by atoms with Crippen LogP contribution in [-0.2, 0) is 4.79 Å². The number of rotatable bonds is 10. The van der Waals surface area contributed by atoms with Crippen LogP contribution in [0.4, 0.5) is 4.79 Å². The molecule has 6 heteroatoms. The van der Waals surface area contributed by atoms with Crippen molar-refractivity contribution in [2.45, 2.75) is 44.6 Å². The van der Waals surface area contributed by atoms with Gasteiger partial charge in [-0.1, -0.05) is 12.8 Å². The lowest BCUT2D eigenvalue weighted by atomic mass is 10.2. The van der Waals surface area contributed by atoms with Crippen LogP contribution < -0.4 is 10.6 Å². The summed E-state index contributed by atoms with van der Waals surface area (Å²) < 4.78 is 0. The minimum absolute atomic E-state index is 0.120. The molecule has 0 bridgehead atoms. The fourth-order valence-corrected chi connectivity index (χ4v) is 2.42. The number of aliphatic carboxylic acids is 1. The summed E-state index contributed by atoms with van der Waals surface area (Å²) in [5.74, 6) is 0.375. The average Bonchev–Trinajstić information content (AvgIpc) is 3.18. The van der Waals surface area contributed by atoms with Gasteiger partial charge in [0.05, 0.1) is 0 Å². The first-order valence-corrected chi connectivity index (χ1v) is 8.30. The summed E-state index contributed by atoms with van der Waals surface area (Å²) in [7, 11) is 0. The summed E-state index contributed by atoms with van der Waals surface area (Å²) in [6, 6.07) is -1.08. The first-order valence-electron chi connectivity index (χ1n) is 6.91. The fourth-order valence-electron chi connectivity index (χ4n) is 1.93. The third-order valence-electron chi connectivity index (χ3n) is 3.21. The molecule has 0 aromatic rings. The maximum absolute atomic E-state index is 11.5. The predicted octanol–water partition coefficient (Wildman–Crippen LogP) is 2.07. The van der Waals surface area contributed by atoms with E-state index >= 15 is 0 Å². The molecule has 1 saturated carbocycles. The van der Waals surface area contributed by atoms with Crippen LogP contribution in [0.25, 0.3) is 0 Å². The van der Waals surface area contributed by atoms with E-state index in [4.69, 9.17) is 5.11 Å². The first-order chi connectivity index (χ1) is 9.15. The van der Waals surface area contributed by atoms with Gasteiger partial charge in [-0.3, -0.25) is 0 Å². The molecule has 0 saturated heterocycles. The third-order valence-corrected chi connectivity index (χ3v) is 3.90. The van der Waals surface area contributed by atoms with Crippen LogP contribution in [0.1, 0.15) is 38.5 Å². The van der Waals surface area contributed by atoms with Gasteiger partial charge in [0, 0.05) is 6.54 Å². The maximum Gasteiger partial charge on any atom is 0.326 e. The SMILES string of the molecule is CSCCCCCCNC(=O)NC(C(=O)O)C1CC1. The second kappa shape index (κ2) is 9.07. The second-order valence-electron chi connectivity index (χ2n) is 4.96. The minimum atomic E-state index is -0.935. The number of hydrogen-bond acceptors (Lipinski definition) is 3. The van der Waals surface area contributed by atoms with Crippen molar-refractivity contribution < 1.29 is 14.7 Å². The first kappa shape index (κ1) is 16.1. The standard InChI is InChI=1S/C13H24N2O3S/c1-19-9-5-3-2-4-8-14-13(18)15-11(12(16)17)10-6-7-10/h10-11H,2-9H2,1H3,(H,16,17)(H2,14,15,18). The molecular formula is C13H24N2O3S. The van der Waals surface area contributed by atoms with Crippen LogP contribution in [0.15, 0.2) is 0 Å². The molecule has 1 aliphatic rings. The van der Waals surface area contributed by atoms with Crippen LogP contribution in [0.5, 0.6) is 0 Å². The van der Waals surface area contributed by atoms with E-state index < -0.39 is 12.0 Å². The Labute approximate surface area is 118 Å². The average molecular weight is 288 g/mol. The molecule has 0 aromatic carbocycles. The number of thioether (sulfide) groups is 1. The molecule has 1 atom stereocenters. The molecule has 0 aromatic heterocycles. The van der Waals surface area contributed by atoms with E-state index in [9.17, 15) is 9.59 Å². The van der Waals surface area contributed by atoms with Gasteiger partial charge in [-0.25, -0.2) is 9.59 Å². The van der Waals surface area contributed by atoms with Crippen molar-refractivity contribution in [2.75, 3.05) is 18.6 Å². The lowest BCUT2D eigenvalue weighted by Crippen LogP contribution is -2.47. The number of amides is 2. The van der Waals surface area contributed by atoms with Crippen molar-refractivity contribution in [1.82, 2.24) is 10.6 Å². The molecule has 2 amide bonds. The number of carboxylic acids is 1. The zero-order valence-corrected chi connectivity index (χ0v) is 12.3.